The molecule has 0 amide bonds. The van der Waals surface area contributed by atoms with E-state index in [1.54, 1.807) is 18.2 Å². The van der Waals surface area contributed by atoms with Gasteiger partial charge >= 0.3 is 0 Å². The number of nitrogens with zero attached hydrogens (tertiary/aromatic N) is 2. The normalized spacial score (nSPS) is 13.1. The van der Waals surface area contributed by atoms with Gasteiger partial charge in [-0.2, -0.15) is 0 Å². The predicted molar refractivity (Wildman–Crippen MR) is 62.2 cm³/mol. The van der Waals surface area contributed by atoms with Gasteiger partial charge in [-0.3, -0.25) is 0 Å². The molecule has 0 saturated carbocycles. The van der Waals surface area contributed by atoms with Gasteiger partial charge in [-0.15, -0.1) is 0 Å². The van der Waals surface area contributed by atoms with Crippen molar-refractivity contribution in [2.45, 2.75) is 13.0 Å². The summed E-state index contributed by atoms with van der Waals surface area (Å²) in [6.07, 6.45) is 0. The minimum atomic E-state index is -0.245. The molecule has 0 spiro atoms. The molecule has 0 radical (unpaired) electrons. The molecule has 0 fully saturated rings. The maximum absolute atomic E-state index is 6.01. The molecule has 15 heavy (non-hydrogen) atoms. The first kappa shape index (κ1) is 10.6. The summed E-state index contributed by atoms with van der Waals surface area (Å²) >= 11 is 11.9. The van der Waals surface area contributed by atoms with Gasteiger partial charge in [-0.25, -0.2) is 9.97 Å². The van der Waals surface area contributed by atoms with Crippen molar-refractivity contribution in [1.82, 2.24) is 9.97 Å². The van der Waals surface area contributed by atoms with Gasteiger partial charge in [0.15, 0.2) is 0 Å². The Hall–Kier alpha value is -0.900. The van der Waals surface area contributed by atoms with Crippen molar-refractivity contribution >= 4 is 34.1 Å². The Morgan fingerprint density at radius 1 is 1.27 bits per heavy atom. The number of rotatable bonds is 1. The molecule has 1 unspecified atom stereocenters. The van der Waals surface area contributed by atoms with Crippen LogP contribution in [0.15, 0.2) is 18.2 Å². The number of fused-ring (bicyclic) bond motifs is 1. The van der Waals surface area contributed by atoms with Crippen LogP contribution in [0.2, 0.25) is 10.2 Å². The van der Waals surface area contributed by atoms with E-state index in [1.807, 2.05) is 6.92 Å². The van der Waals surface area contributed by atoms with Crippen LogP contribution in [0.4, 0.5) is 0 Å². The second kappa shape index (κ2) is 3.93. The van der Waals surface area contributed by atoms with Crippen molar-refractivity contribution in [1.29, 1.82) is 0 Å². The van der Waals surface area contributed by atoms with Crippen molar-refractivity contribution in [3.8, 4) is 0 Å². The topological polar surface area (TPSA) is 51.8 Å². The molecular formula is C10H9Cl2N3. The van der Waals surface area contributed by atoms with Crippen LogP contribution in [0.5, 0.6) is 0 Å². The lowest BCUT2D eigenvalue weighted by Crippen LogP contribution is -2.10. The maximum atomic E-state index is 6.01. The van der Waals surface area contributed by atoms with Crippen LogP contribution in [0.1, 0.15) is 18.8 Å². The molecule has 0 aliphatic heterocycles. The third kappa shape index (κ3) is 2.04. The Kier molecular flexibility index (Phi) is 2.78. The molecule has 0 aliphatic rings. The number of benzene rings is 1. The molecule has 0 aliphatic carbocycles. The predicted octanol–water partition coefficient (Wildman–Crippen LogP) is 2.96. The first-order valence-corrected chi connectivity index (χ1v) is 5.22. The molecule has 2 rings (SSSR count). The van der Waals surface area contributed by atoms with E-state index in [4.69, 9.17) is 28.9 Å². The monoisotopic (exact) mass is 241 g/mol. The second-order valence-electron chi connectivity index (χ2n) is 3.32. The van der Waals surface area contributed by atoms with Gasteiger partial charge in [0.05, 0.1) is 11.6 Å². The molecule has 2 aromatic rings. The highest BCUT2D eigenvalue weighted by Crippen LogP contribution is 2.24. The Bertz CT molecular complexity index is 511. The van der Waals surface area contributed by atoms with E-state index in [2.05, 4.69) is 9.97 Å². The fourth-order valence-corrected chi connectivity index (χ4v) is 1.70. The molecule has 3 nitrogen and oxygen atoms in total. The van der Waals surface area contributed by atoms with Crippen LogP contribution >= 0.6 is 23.2 Å². The zero-order chi connectivity index (χ0) is 11.0. The first-order chi connectivity index (χ1) is 7.08. The van der Waals surface area contributed by atoms with E-state index in [-0.39, 0.29) is 6.04 Å². The SMILES string of the molecule is CC(N)c1nc(Cl)c2ccc(Cl)cc2n1. The van der Waals surface area contributed by atoms with E-state index >= 15 is 0 Å². The van der Waals surface area contributed by atoms with Crippen LogP contribution in [0.25, 0.3) is 10.9 Å². The first-order valence-electron chi connectivity index (χ1n) is 4.46. The Morgan fingerprint density at radius 2 is 2.00 bits per heavy atom. The van der Waals surface area contributed by atoms with Gasteiger partial charge < -0.3 is 5.73 Å². The zero-order valence-corrected chi connectivity index (χ0v) is 9.55. The zero-order valence-electron chi connectivity index (χ0n) is 8.04. The molecule has 0 bridgehead atoms. The quantitative estimate of drug-likeness (QED) is 0.782. The van der Waals surface area contributed by atoms with Gasteiger partial charge in [-0.05, 0) is 25.1 Å². The van der Waals surface area contributed by atoms with E-state index in [9.17, 15) is 0 Å². The summed E-state index contributed by atoms with van der Waals surface area (Å²) in [5.74, 6) is 0.523. The maximum Gasteiger partial charge on any atom is 0.147 e. The van der Waals surface area contributed by atoms with Gasteiger partial charge in [0.25, 0.3) is 0 Å². The molecule has 1 aromatic carbocycles. The summed E-state index contributed by atoms with van der Waals surface area (Å²) in [7, 11) is 0. The Balaban J connectivity index is 2.74. The molecule has 78 valence electrons. The molecule has 2 N–H and O–H groups in total. The molecule has 0 saturated heterocycles. The number of aromatic nitrogens is 2. The lowest BCUT2D eigenvalue weighted by Gasteiger charge is -2.06. The lowest BCUT2D eigenvalue weighted by molar-refractivity contribution is 0.746. The largest absolute Gasteiger partial charge is 0.322 e. The highest BCUT2D eigenvalue weighted by atomic mass is 35.5. The Labute approximate surface area is 97.2 Å². The molecule has 1 aromatic heterocycles. The average Bonchev–Trinajstić information content (AvgIpc) is 2.16. The van der Waals surface area contributed by atoms with Crippen LogP contribution in [-0.4, -0.2) is 9.97 Å². The highest BCUT2D eigenvalue weighted by Gasteiger charge is 2.09. The van der Waals surface area contributed by atoms with Crippen molar-refractivity contribution in [2.24, 2.45) is 5.73 Å². The van der Waals surface area contributed by atoms with Crippen molar-refractivity contribution in [3.63, 3.8) is 0 Å². The summed E-state index contributed by atoms with van der Waals surface area (Å²) in [4.78, 5) is 8.41. The van der Waals surface area contributed by atoms with E-state index < -0.39 is 0 Å². The van der Waals surface area contributed by atoms with E-state index in [0.29, 0.717) is 16.0 Å². The van der Waals surface area contributed by atoms with E-state index in [0.717, 1.165) is 10.9 Å². The summed E-state index contributed by atoms with van der Waals surface area (Å²) in [5, 5.41) is 1.81. The van der Waals surface area contributed by atoms with Crippen LogP contribution in [0, 0.1) is 0 Å². The smallest absolute Gasteiger partial charge is 0.147 e. The number of halogens is 2. The van der Waals surface area contributed by atoms with E-state index in [1.165, 1.54) is 0 Å². The minimum absolute atomic E-state index is 0.245. The minimum Gasteiger partial charge on any atom is -0.322 e. The number of hydrogen-bond acceptors (Lipinski definition) is 3. The van der Waals surface area contributed by atoms with Gasteiger partial charge in [0, 0.05) is 10.4 Å². The van der Waals surface area contributed by atoms with Crippen LogP contribution < -0.4 is 5.73 Å². The summed E-state index contributed by atoms with van der Waals surface area (Å²) < 4.78 is 0. The van der Waals surface area contributed by atoms with Crippen molar-refractivity contribution in [3.05, 3.63) is 34.2 Å². The molecule has 1 atom stereocenters. The van der Waals surface area contributed by atoms with Gasteiger partial charge in [0.1, 0.15) is 11.0 Å². The number of hydrogen-bond donors (Lipinski definition) is 1. The fourth-order valence-electron chi connectivity index (χ4n) is 1.28. The third-order valence-electron chi connectivity index (χ3n) is 2.04. The van der Waals surface area contributed by atoms with Gasteiger partial charge in [-0.1, -0.05) is 23.2 Å². The van der Waals surface area contributed by atoms with Gasteiger partial charge in [0.2, 0.25) is 0 Å². The second-order valence-corrected chi connectivity index (χ2v) is 4.12. The fraction of sp³-hybridized carbons (Fsp3) is 0.200. The van der Waals surface area contributed by atoms with Crippen molar-refractivity contribution < 1.29 is 0 Å². The summed E-state index contributed by atoms with van der Waals surface area (Å²) in [5.41, 5.74) is 6.41. The number of nitrogens with two attached hydrogens (primary N) is 1. The molecule has 1 heterocycles. The lowest BCUT2D eigenvalue weighted by atomic mass is 10.2. The Morgan fingerprint density at radius 3 is 2.67 bits per heavy atom. The highest BCUT2D eigenvalue weighted by molar-refractivity contribution is 6.35. The third-order valence-corrected chi connectivity index (χ3v) is 2.56. The average molecular weight is 242 g/mol. The summed E-state index contributed by atoms with van der Waals surface area (Å²) in [6.45, 7) is 1.81. The van der Waals surface area contributed by atoms with Crippen LogP contribution in [0.3, 0.4) is 0 Å². The van der Waals surface area contributed by atoms with Crippen molar-refractivity contribution in [2.75, 3.05) is 0 Å². The molecule has 5 heteroatoms. The summed E-state index contributed by atoms with van der Waals surface area (Å²) in [6, 6.07) is 5.05. The molecular weight excluding hydrogens is 233 g/mol. The van der Waals surface area contributed by atoms with Crippen LogP contribution in [-0.2, 0) is 0 Å². The standard InChI is InChI=1S/C10H9Cl2N3/c1-5(13)10-14-8-4-6(11)2-3-7(8)9(12)15-10/h2-5H,13H2,1H3.